The number of aliphatic hydroxyl groups excluding tert-OH is 1. The summed E-state index contributed by atoms with van der Waals surface area (Å²) in [6.07, 6.45) is -7.86. The molecule has 0 amide bonds. The number of nitrogens with zero attached hydrogens (tertiary/aromatic N) is 2. The van der Waals surface area contributed by atoms with E-state index in [0.29, 0.717) is 25.3 Å². The Morgan fingerprint density at radius 3 is 2.65 bits per heavy atom. The van der Waals surface area contributed by atoms with E-state index >= 15 is 4.39 Å². The maximum Gasteiger partial charge on any atom is 0.156 e. The van der Waals surface area contributed by atoms with Gasteiger partial charge < -0.3 is 14.7 Å². The highest BCUT2D eigenvalue weighted by Crippen LogP contribution is 2.45. The van der Waals surface area contributed by atoms with Crippen molar-refractivity contribution in [2.24, 2.45) is 0 Å². The molecule has 2 aromatic carbocycles. The minimum absolute atomic E-state index is 0.00629. The van der Waals surface area contributed by atoms with Crippen LogP contribution in [0.5, 0.6) is 0 Å². The number of benzene rings is 2. The van der Waals surface area contributed by atoms with E-state index in [-0.39, 0.29) is 52.4 Å². The number of rotatable bonds is 5. The topological polar surface area (TPSA) is 56.5 Å². The van der Waals surface area contributed by atoms with Crippen molar-refractivity contribution in [2.45, 2.75) is 57.3 Å². The first-order valence-electron chi connectivity index (χ1n) is 11.1. The van der Waals surface area contributed by atoms with Crippen LogP contribution in [0.25, 0.3) is 0 Å². The average Bonchev–Trinajstić information content (AvgIpc) is 3.09. The van der Waals surface area contributed by atoms with E-state index in [1.54, 1.807) is 11.0 Å². The van der Waals surface area contributed by atoms with Crippen LogP contribution in [0.3, 0.4) is 0 Å². The maximum atomic E-state index is 15.5. The van der Waals surface area contributed by atoms with Crippen LogP contribution in [0, 0.1) is 23.0 Å². The monoisotopic (exact) mass is 480 g/mol. The molecule has 0 spiro atoms. The zero-order valence-corrected chi connectivity index (χ0v) is 18.8. The second-order valence-corrected chi connectivity index (χ2v) is 8.93. The number of halogens is 5. The van der Waals surface area contributed by atoms with Gasteiger partial charge in [0.1, 0.15) is 30.1 Å². The van der Waals surface area contributed by atoms with Crippen molar-refractivity contribution in [2.75, 3.05) is 24.7 Å². The molecular formula is C25H25F5N2O2. The molecule has 0 bridgehead atoms. The fourth-order valence-electron chi connectivity index (χ4n) is 4.95. The molecule has 9 heteroatoms. The number of hydrogen-bond acceptors (Lipinski definition) is 4. The van der Waals surface area contributed by atoms with Gasteiger partial charge in [0.15, 0.2) is 6.17 Å². The van der Waals surface area contributed by atoms with Gasteiger partial charge in [0, 0.05) is 24.6 Å². The molecule has 0 aromatic heterocycles. The summed E-state index contributed by atoms with van der Waals surface area (Å²) in [5, 5.41) is 20.1. The number of nitriles is 1. The SMILES string of the molecule is CC(F)C(F)c1cc(F)cc(C#N)c1Cc1cc(F)c(N2CCOCC2C)c2c1CC(F)C2O. The summed E-state index contributed by atoms with van der Waals surface area (Å²) in [7, 11) is 0. The Balaban J connectivity index is 1.87. The predicted molar refractivity (Wildman–Crippen MR) is 116 cm³/mol. The molecular weight excluding hydrogens is 455 g/mol. The average molecular weight is 480 g/mol. The van der Waals surface area contributed by atoms with Gasteiger partial charge in [0.25, 0.3) is 0 Å². The molecule has 0 saturated carbocycles. The van der Waals surface area contributed by atoms with Crippen LogP contribution in [0.1, 0.15) is 59.5 Å². The van der Waals surface area contributed by atoms with Crippen molar-refractivity contribution >= 4 is 5.69 Å². The molecule has 0 radical (unpaired) electrons. The van der Waals surface area contributed by atoms with Crippen LogP contribution in [0.15, 0.2) is 18.2 Å². The van der Waals surface area contributed by atoms with Crippen molar-refractivity contribution < 1.29 is 31.8 Å². The van der Waals surface area contributed by atoms with Crippen molar-refractivity contribution in [1.82, 2.24) is 0 Å². The van der Waals surface area contributed by atoms with E-state index in [1.165, 1.54) is 6.07 Å². The molecule has 2 aliphatic rings. The highest BCUT2D eigenvalue weighted by atomic mass is 19.2. The Morgan fingerprint density at radius 1 is 1.26 bits per heavy atom. The Kier molecular flexibility index (Phi) is 6.83. The lowest BCUT2D eigenvalue weighted by molar-refractivity contribution is 0.0889. The largest absolute Gasteiger partial charge is 0.385 e. The van der Waals surface area contributed by atoms with E-state index < -0.39 is 36.3 Å². The third kappa shape index (κ3) is 4.25. The van der Waals surface area contributed by atoms with Gasteiger partial charge in [-0.05, 0) is 60.7 Å². The highest BCUT2D eigenvalue weighted by molar-refractivity contribution is 5.65. The smallest absolute Gasteiger partial charge is 0.156 e. The Bertz CT molecular complexity index is 1130. The second kappa shape index (κ2) is 9.51. The van der Waals surface area contributed by atoms with E-state index in [0.717, 1.165) is 19.1 Å². The fourth-order valence-corrected chi connectivity index (χ4v) is 4.95. The number of fused-ring (bicyclic) bond motifs is 1. The fraction of sp³-hybridized carbons (Fsp3) is 0.480. The zero-order valence-electron chi connectivity index (χ0n) is 18.8. The molecule has 5 atom stereocenters. The van der Waals surface area contributed by atoms with Crippen LogP contribution in [-0.2, 0) is 17.6 Å². The van der Waals surface area contributed by atoms with Gasteiger partial charge in [0.2, 0.25) is 0 Å². The zero-order chi connectivity index (χ0) is 24.7. The summed E-state index contributed by atoms with van der Waals surface area (Å²) in [5.41, 5.74) is 0.261. The number of ether oxygens (including phenoxy) is 1. The van der Waals surface area contributed by atoms with Gasteiger partial charge in [0.05, 0.1) is 30.5 Å². The molecule has 1 heterocycles. The summed E-state index contributed by atoms with van der Waals surface area (Å²) in [5.74, 6) is -1.60. The molecule has 1 N–H and O–H groups in total. The van der Waals surface area contributed by atoms with E-state index in [9.17, 15) is 27.9 Å². The normalized spacial score (nSPS) is 24.0. The van der Waals surface area contributed by atoms with Gasteiger partial charge in [-0.2, -0.15) is 5.26 Å². The third-order valence-corrected chi connectivity index (χ3v) is 6.62. The molecule has 1 aliphatic heterocycles. The summed E-state index contributed by atoms with van der Waals surface area (Å²) in [6.45, 7) is 3.85. The number of aliphatic hydroxyl groups is 1. The van der Waals surface area contributed by atoms with Crippen molar-refractivity contribution in [1.29, 1.82) is 5.26 Å². The summed E-state index contributed by atoms with van der Waals surface area (Å²) < 4.78 is 78.2. The highest BCUT2D eigenvalue weighted by Gasteiger charge is 2.39. The standard InChI is InChI=1S/C25H25F5N2O2/c1-12-11-34-4-3-32(12)24-20(28)7-14(18-9-21(29)25(33)22(18)24)6-17-15(10-31)5-16(27)8-19(17)23(30)13(2)26/h5,7-8,12-13,21,23,25,33H,3-4,6,9,11H2,1-2H3. The van der Waals surface area contributed by atoms with Crippen LogP contribution in [0.2, 0.25) is 0 Å². The van der Waals surface area contributed by atoms with Gasteiger partial charge in [-0.3, -0.25) is 0 Å². The molecule has 2 aromatic rings. The lowest BCUT2D eigenvalue weighted by atomic mass is 9.88. The number of alkyl halides is 3. The van der Waals surface area contributed by atoms with Crippen LogP contribution < -0.4 is 4.90 Å². The van der Waals surface area contributed by atoms with Crippen LogP contribution >= 0.6 is 0 Å². The molecule has 4 nitrogen and oxygen atoms in total. The number of anilines is 1. The first-order valence-corrected chi connectivity index (χ1v) is 11.1. The van der Waals surface area contributed by atoms with Crippen molar-refractivity contribution in [3.05, 3.63) is 63.2 Å². The molecule has 4 rings (SSSR count). The second-order valence-electron chi connectivity index (χ2n) is 8.93. The minimum atomic E-state index is -2.20. The van der Waals surface area contributed by atoms with Crippen molar-refractivity contribution in [3.63, 3.8) is 0 Å². The molecule has 1 aliphatic carbocycles. The third-order valence-electron chi connectivity index (χ3n) is 6.62. The van der Waals surface area contributed by atoms with Crippen LogP contribution in [-0.4, -0.2) is 43.3 Å². The van der Waals surface area contributed by atoms with Gasteiger partial charge in [-0.1, -0.05) is 0 Å². The molecule has 1 fully saturated rings. The Labute approximate surface area is 194 Å². The Morgan fingerprint density at radius 2 is 2.00 bits per heavy atom. The van der Waals surface area contributed by atoms with Gasteiger partial charge in [-0.15, -0.1) is 0 Å². The van der Waals surface area contributed by atoms with Crippen molar-refractivity contribution in [3.8, 4) is 6.07 Å². The maximum absolute atomic E-state index is 15.5. The summed E-state index contributed by atoms with van der Waals surface area (Å²) in [6, 6.07) is 4.49. The van der Waals surface area contributed by atoms with Gasteiger partial charge >= 0.3 is 0 Å². The lowest BCUT2D eigenvalue weighted by Crippen LogP contribution is -2.44. The van der Waals surface area contributed by atoms with E-state index in [2.05, 4.69) is 0 Å². The number of morpholine rings is 1. The van der Waals surface area contributed by atoms with E-state index in [4.69, 9.17) is 4.74 Å². The number of hydrogen-bond donors (Lipinski definition) is 1. The Hall–Kier alpha value is -2.70. The lowest BCUT2D eigenvalue weighted by Gasteiger charge is -2.37. The first-order chi connectivity index (χ1) is 16.1. The quantitative estimate of drug-likeness (QED) is 0.616. The summed E-state index contributed by atoms with van der Waals surface area (Å²) in [4.78, 5) is 1.73. The minimum Gasteiger partial charge on any atom is -0.385 e. The predicted octanol–water partition coefficient (Wildman–Crippen LogP) is 4.95. The van der Waals surface area contributed by atoms with E-state index in [1.807, 2.05) is 6.92 Å². The first kappa shape index (κ1) is 24.4. The van der Waals surface area contributed by atoms with Crippen LogP contribution in [0.4, 0.5) is 27.6 Å². The molecule has 34 heavy (non-hydrogen) atoms. The molecule has 5 unspecified atom stereocenters. The molecule has 1 saturated heterocycles. The summed E-state index contributed by atoms with van der Waals surface area (Å²) >= 11 is 0. The van der Waals surface area contributed by atoms with Gasteiger partial charge in [-0.25, -0.2) is 22.0 Å². The molecule has 182 valence electrons.